The predicted molar refractivity (Wildman–Crippen MR) is 159 cm³/mol. The van der Waals surface area contributed by atoms with Crippen molar-refractivity contribution >= 4 is 29.2 Å². The van der Waals surface area contributed by atoms with Gasteiger partial charge in [0.05, 0.1) is 31.7 Å². The number of para-hydroxylation sites is 1. The average Bonchev–Trinajstić information content (AvgIpc) is 3.52. The Balaban J connectivity index is 1.54. The molecule has 0 aromatic heterocycles. The van der Waals surface area contributed by atoms with Gasteiger partial charge in [0.1, 0.15) is 28.8 Å². The zero-order chi connectivity index (χ0) is 29.9. The lowest BCUT2D eigenvalue weighted by Crippen LogP contribution is -2.49. The lowest BCUT2D eigenvalue weighted by molar-refractivity contribution is -0.122. The summed E-state index contributed by atoms with van der Waals surface area (Å²) in [4.78, 5) is 46.0. The maximum atomic E-state index is 14.9. The zero-order valence-corrected chi connectivity index (χ0v) is 23.4. The number of methoxy groups -OCH3 is 2. The van der Waals surface area contributed by atoms with Crippen molar-refractivity contribution < 1.29 is 28.2 Å². The summed E-state index contributed by atoms with van der Waals surface area (Å²) >= 11 is 0. The van der Waals surface area contributed by atoms with Crippen LogP contribution >= 0.6 is 0 Å². The molecule has 1 spiro atoms. The normalized spacial score (nSPS) is 22.9. The third kappa shape index (κ3) is 3.75. The van der Waals surface area contributed by atoms with Gasteiger partial charge in [0.15, 0.2) is 11.6 Å². The first-order valence-corrected chi connectivity index (χ1v) is 13.9. The molecule has 3 heterocycles. The first-order valence-electron chi connectivity index (χ1n) is 13.9. The van der Waals surface area contributed by atoms with E-state index in [4.69, 9.17) is 9.47 Å². The molecule has 1 N–H and O–H groups in total. The van der Waals surface area contributed by atoms with E-state index in [0.29, 0.717) is 22.7 Å². The molecule has 4 atom stereocenters. The molecule has 0 unspecified atom stereocenters. The fraction of sp³-hybridized carbons (Fsp3) is 0.171. The molecule has 3 aliphatic heterocycles. The van der Waals surface area contributed by atoms with Gasteiger partial charge in [-0.15, -0.1) is 0 Å². The number of fused-ring (bicyclic) bond motifs is 6. The molecular formula is C35H27FN2O5. The standard InChI is InChI=1S/C35H27FN2O5/c1-42-23-15-16-28(43-2)25(19-23)32(40)30-29(31(39)21-11-13-22(36)14-12-21)35(26-9-5-6-10-27(26)37-34(35)41)33-24-8-4-3-7-20(24)17-18-38(30)33/h3-19,29-30,33H,1-2H3,(H,37,41)/t29-,30+,33+,35+/m1/s1. The number of hydrogen-bond donors (Lipinski definition) is 1. The van der Waals surface area contributed by atoms with Gasteiger partial charge in [0.2, 0.25) is 5.91 Å². The minimum Gasteiger partial charge on any atom is -0.497 e. The number of ketones is 2. The molecule has 0 saturated carbocycles. The largest absolute Gasteiger partial charge is 0.497 e. The number of nitrogens with one attached hydrogen (secondary N) is 1. The summed E-state index contributed by atoms with van der Waals surface area (Å²) in [7, 11) is 2.97. The van der Waals surface area contributed by atoms with Crippen molar-refractivity contribution in [3.05, 3.63) is 131 Å². The summed E-state index contributed by atoms with van der Waals surface area (Å²) < 4.78 is 25.0. The number of hydrogen-bond acceptors (Lipinski definition) is 6. The summed E-state index contributed by atoms with van der Waals surface area (Å²) in [5.74, 6) is -2.14. The number of carbonyl (C=O) groups excluding carboxylic acids is 3. The van der Waals surface area contributed by atoms with Gasteiger partial charge < -0.3 is 19.7 Å². The van der Waals surface area contributed by atoms with Crippen LogP contribution in [0.2, 0.25) is 0 Å². The molecule has 214 valence electrons. The quantitative estimate of drug-likeness (QED) is 0.292. The Morgan fingerprint density at radius 2 is 1.63 bits per heavy atom. The van der Waals surface area contributed by atoms with Gasteiger partial charge in [-0.2, -0.15) is 0 Å². The maximum Gasteiger partial charge on any atom is 0.238 e. The Morgan fingerprint density at radius 3 is 2.40 bits per heavy atom. The van der Waals surface area contributed by atoms with Crippen molar-refractivity contribution in [3.63, 3.8) is 0 Å². The lowest BCUT2D eigenvalue weighted by atomic mass is 9.62. The number of ether oxygens (including phenoxy) is 2. The molecule has 7 nitrogen and oxygen atoms in total. The van der Waals surface area contributed by atoms with Crippen LogP contribution in [-0.2, 0) is 10.2 Å². The summed E-state index contributed by atoms with van der Waals surface area (Å²) in [6, 6.07) is 23.3. The minimum atomic E-state index is -1.49. The van der Waals surface area contributed by atoms with E-state index in [1.54, 1.807) is 30.5 Å². The second kappa shape index (κ2) is 9.94. The van der Waals surface area contributed by atoms with Gasteiger partial charge in [0.25, 0.3) is 0 Å². The van der Waals surface area contributed by atoms with E-state index >= 15 is 0 Å². The highest BCUT2D eigenvalue weighted by atomic mass is 19.1. The van der Waals surface area contributed by atoms with E-state index < -0.39 is 40.8 Å². The molecule has 1 fully saturated rings. The fourth-order valence-corrected chi connectivity index (χ4v) is 7.13. The van der Waals surface area contributed by atoms with E-state index in [-0.39, 0.29) is 17.0 Å². The van der Waals surface area contributed by atoms with Gasteiger partial charge in [-0.05, 0) is 71.3 Å². The van der Waals surface area contributed by atoms with Crippen molar-refractivity contribution in [2.24, 2.45) is 5.92 Å². The smallest absolute Gasteiger partial charge is 0.238 e. The van der Waals surface area contributed by atoms with Gasteiger partial charge >= 0.3 is 0 Å². The third-order valence-electron chi connectivity index (χ3n) is 8.92. The van der Waals surface area contributed by atoms with E-state index in [9.17, 15) is 18.8 Å². The van der Waals surface area contributed by atoms with Gasteiger partial charge in [0, 0.05) is 17.5 Å². The van der Waals surface area contributed by atoms with Crippen LogP contribution in [0.3, 0.4) is 0 Å². The van der Waals surface area contributed by atoms with Gasteiger partial charge in [-0.25, -0.2) is 4.39 Å². The number of Topliss-reactive ketones (excluding diaryl/α,β-unsaturated/α-hetero) is 2. The fourth-order valence-electron chi connectivity index (χ4n) is 7.13. The van der Waals surface area contributed by atoms with Crippen molar-refractivity contribution in [1.29, 1.82) is 0 Å². The Bertz CT molecular complexity index is 1830. The van der Waals surface area contributed by atoms with Crippen LogP contribution in [0.15, 0.2) is 97.2 Å². The number of anilines is 1. The Labute approximate surface area is 247 Å². The lowest BCUT2D eigenvalue weighted by Gasteiger charge is -2.38. The van der Waals surface area contributed by atoms with Gasteiger partial charge in [-0.3, -0.25) is 14.4 Å². The molecule has 0 aliphatic carbocycles. The number of amides is 1. The highest BCUT2D eigenvalue weighted by molar-refractivity contribution is 6.17. The van der Waals surface area contributed by atoms with E-state index in [0.717, 1.165) is 11.1 Å². The molecule has 1 amide bonds. The molecule has 0 bridgehead atoms. The molecular weight excluding hydrogens is 547 g/mol. The Kier molecular flexibility index (Phi) is 6.16. The van der Waals surface area contributed by atoms with E-state index in [1.807, 2.05) is 53.4 Å². The van der Waals surface area contributed by atoms with E-state index in [2.05, 4.69) is 5.32 Å². The second-order valence-electron chi connectivity index (χ2n) is 10.9. The third-order valence-corrected chi connectivity index (χ3v) is 8.92. The molecule has 4 aromatic carbocycles. The minimum absolute atomic E-state index is 0.204. The monoisotopic (exact) mass is 574 g/mol. The highest BCUT2D eigenvalue weighted by Crippen LogP contribution is 2.62. The number of carbonyl (C=O) groups is 3. The summed E-state index contributed by atoms with van der Waals surface area (Å²) in [6.45, 7) is 0. The Hall–Kier alpha value is -5.24. The number of nitrogens with zero attached hydrogens (tertiary/aromatic N) is 1. The predicted octanol–water partition coefficient (Wildman–Crippen LogP) is 5.82. The molecule has 4 aromatic rings. The number of halogens is 1. The van der Waals surface area contributed by atoms with Crippen LogP contribution < -0.4 is 14.8 Å². The van der Waals surface area contributed by atoms with Crippen molar-refractivity contribution in [3.8, 4) is 11.5 Å². The first-order chi connectivity index (χ1) is 20.9. The molecule has 1 saturated heterocycles. The number of rotatable bonds is 6. The Morgan fingerprint density at radius 1 is 0.884 bits per heavy atom. The van der Waals surface area contributed by atoms with Gasteiger partial charge in [-0.1, -0.05) is 42.5 Å². The number of benzene rings is 4. The van der Waals surface area contributed by atoms with Crippen LogP contribution in [0.4, 0.5) is 10.1 Å². The van der Waals surface area contributed by atoms with Crippen molar-refractivity contribution in [2.75, 3.05) is 19.5 Å². The molecule has 0 radical (unpaired) electrons. The van der Waals surface area contributed by atoms with Crippen molar-refractivity contribution in [1.82, 2.24) is 4.90 Å². The van der Waals surface area contributed by atoms with Crippen LogP contribution in [0.1, 0.15) is 43.4 Å². The van der Waals surface area contributed by atoms with Crippen molar-refractivity contribution in [2.45, 2.75) is 17.5 Å². The first kappa shape index (κ1) is 26.6. The second-order valence-corrected chi connectivity index (χ2v) is 10.9. The molecule has 8 heteroatoms. The van der Waals surface area contributed by atoms with Crippen LogP contribution in [0.5, 0.6) is 11.5 Å². The van der Waals surface area contributed by atoms with E-state index in [1.165, 1.54) is 38.5 Å². The maximum absolute atomic E-state index is 14.9. The average molecular weight is 575 g/mol. The summed E-state index contributed by atoms with van der Waals surface area (Å²) in [5.41, 5.74) is 1.86. The SMILES string of the molecule is COc1ccc(OC)c(C(=O)[C@@H]2[C@H](C(=O)c3ccc(F)cc3)[C@]3(C(=O)Nc4ccccc43)[C@@H]3c4ccccc4C=CN23)c1. The summed E-state index contributed by atoms with van der Waals surface area (Å²) in [5, 5.41) is 3.02. The molecule has 7 rings (SSSR count). The molecule has 3 aliphatic rings. The van der Waals surface area contributed by atoms with Crippen LogP contribution in [0.25, 0.3) is 6.08 Å². The topological polar surface area (TPSA) is 84.9 Å². The molecule has 43 heavy (non-hydrogen) atoms. The highest BCUT2D eigenvalue weighted by Gasteiger charge is 2.70. The van der Waals surface area contributed by atoms with Crippen LogP contribution in [0, 0.1) is 11.7 Å². The van der Waals surface area contributed by atoms with Crippen LogP contribution in [-0.4, -0.2) is 42.6 Å². The summed E-state index contributed by atoms with van der Waals surface area (Å²) in [6.07, 6.45) is 3.70. The zero-order valence-electron chi connectivity index (χ0n) is 23.4.